The minimum absolute atomic E-state index is 0.386. The summed E-state index contributed by atoms with van der Waals surface area (Å²) in [7, 11) is 0. The van der Waals surface area contributed by atoms with Gasteiger partial charge in [-0.25, -0.2) is 0 Å². The summed E-state index contributed by atoms with van der Waals surface area (Å²) in [6.45, 7) is 10.2. The Morgan fingerprint density at radius 2 is 1.92 bits per heavy atom. The topological polar surface area (TPSA) is 21.6 Å². The van der Waals surface area contributed by atoms with Crippen LogP contribution in [-0.4, -0.2) is 5.71 Å². The summed E-state index contributed by atoms with van der Waals surface area (Å²) in [5.74, 6) is 2.49. The van der Waals surface area contributed by atoms with E-state index < -0.39 is 0 Å². The number of allylic oxidation sites excluding steroid dienone is 2. The summed E-state index contributed by atoms with van der Waals surface area (Å²) in [5, 5.41) is 4.41. The molecule has 2 nitrogen and oxygen atoms in total. The molecule has 1 aromatic rings. The second-order valence-corrected chi connectivity index (χ2v) is 9.67. The third kappa shape index (κ3) is 2.92. The Morgan fingerprint density at radius 1 is 1.15 bits per heavy atom. The quantitative estimate of drug-likeness (QED) is 0.456. The Balaban J connectivity index is 1.54. The molecule has 4 rings (SSSR count). The van der Waals surface area contributed by atoms with Crippen molar-refractivity contribution in [3.05, 3.63) is 47.5 Å². The molecule has 1 aromatic carbocycles. The molecule has 3 saturated carbocycles. The van der Waals surface area contributed by atoms with Crippen molar-refractivity contribution < 1.29 is 4.84 Å². The lowest BCUT2D eigenvalue weighted by molar-refractivity contribution is 0.130. The highest BCUT2D eigenvalue weighted by Gasteiger charge is 2.62. The third-order valence-electron chi connectivity index (χ3n) is 7.60. The second kappa shape index (κ2) is 6.55. The molecule has 2 heteroatoms. The first-order valence-corrected chi connectivity index (χ1v) is 10.3. The molecule has 4 bridgehead atoms. The van der Waals surface area contributed by atoms with Crippen molar-refractivity contribution in [3.8, 4) is 0 Å². The van der Waals surface area contributed by atoms with Crippen molar-refractivity contribution in [2.75, 3.05) is 0 Å². The Labute approximate surface area is 158 Å². The molecule has 140 valence electrons. The van der Waals surface area contributed by atoms with Crippen LogP contribution in [-0.2, 0) is 11.4 Å². The highest BCUT2D eigenvalue weighted by atomic mass is 16.6. The molecule has 0 N–H and O–H groups in total. The van der Waals surface area contributed by atoms with Gasteiger partial charge in [-0.2, -0.15) is 0 Å². The molecule has 0 aromatic heterocycles. The van der Waals surface area contributed by atoms with Gasteiger partial charge in [-0.05, 0) is 72.8 Å². The Kier molecular flexibility index (Phi) is 4.49. The molecule has 3 fully saturated rings. The average Bonchev–Trinajstić information content (AvgIpc) is 3.10. The SMILES string of the molecule is C/C(C=C1[C@H]2CC[C@@H]3[C@@H]2C(C)(C)CCC[C@]13C)=N\OCc1ccccc1. The van der Waals surface area contributed by atoms with Gasteiger partial charge in [0.1, 0.15) is 6.61 Å². The molecule has 3 aliphatic carbocycles. The number of rotatable bonds is 4. The molecule has 4 atom stereocenters. The summed E-state index contributed by atoms with van der Waals surface area (Å²) in [6.07, 6.45) is 9.27. The Morgan fingerprint density at radius 3 is 2.69 bits per heavy atom. The van der Waals surface area contributed by atoms with Crippen molar-refractivity contribution >= 4 is 5.71 Å². The van der Waals surface area contributed by atoms with E-state index in [0.717, 1.165) is 29.0 Å². The fourth-order valence-electron chi connectivity index (χ4n) is 6.50. The zero-order chi connectivity index (χ0) is 18.4. The monoisotopic (exact) mass is 351 g/mol. The van der Waals surface area contributed by atoms with Crippen LogP contribution in [0, 0.1) is 28.6 Å². The van der Waals surface area contributed by atoms with Crippen LogP contribution >= 0.6 is 0 Å². The minimum Gasteiger partial charge on any atom is -0.391 e. The Bertz CT molecular complexity index is 717. The van der Waals surface area contributed by atoms with Crippen molar-refractivity contribution in [3.63, 3.8) is 0 Å². The Hall–Kier alpha value is -1.57. The van der Waals surface area contributed by atoms with Gasteiger partial charge in [0.2, 0.25) is 0 Å². The van der Waals surface area contributed by atoms with Gasteiger partial charge < -0.3 is 4.84 Å². The molecule has 0 unspecified atom stereocenters. The number of nitrogens with zero attached hydrogens (tertiary/aromatic N) is 1. The maximum absolute atomic E-state index is 5.63. The molecule has 3 aliphatic rings. The smallest absolute Gasteiger partial charge is 0.142 e. The van der Waals surface area contributed by atoms with Gasteiger partial charge in [0, 0.05) is 0 Å². The summed E-state index contributed by atoms with van der Waals surface area (Å²) < 4.78 is 0. The molecular weight excluding hydrogens is 318 g/mol. The van der Waals surface area contributed by atoms with Crippen LogP contribution in [0.5, 0.6) is 0 Å². The van der Waals surface area contributed by atoms with Crippen LogP contribution in [0.2, 0.25) is 0 Å². The standard InChI is InChI=1S/C24H33NO/c1-17(25-26-16-18-9-6-5-7-10-18)15-21-19-11-12-20-22(19)23(2,3)13-8-14-24(20,21)4/h5-7,9-10,15,19-20,22H,8,11-14,16H2,1-4H3/b21-15?,25-17+/t19-,20-,22-,24+/m1/s1. The predicted molar refractivity (Wildman–Crippen MR) is 108 cm³/mol. The van der Waals surface area contributed by atoms with Crippen LogP contribution < -0.4 is 0 Å². The van der Waals surface area contributed by atoms with E-state index in [1.165, 1.54) is 32.1 Å². The van der Waals surface area contributed by atoms with Gasteiger partial charge in [0.05, 0.1) is 5.71 Å². The van der Waals surface area contributed by atoms with E-state index in [2.05, 4.69) is 51.1 Å². The van der Waals surface area contributed by atoms with Crippen LogP contribution in [0.4, 0.5) is 0 Å². The molecule has 0 spiro atoms. The predicted octanol–water partition coefficient (Wildman–Crippen LogP) is 6.38. The molecule has 0 saturated heterocycles. The zero-order valence-corrected chi connectivity index (χ0v) is 16.8. The van der Waals surface area contributed by atoms with Gasteiger partial charge in [-0.15, -0.1) is 0 Å². The first-order chi connectivity index (χ1) is 12.4. The first-order valence-electron chi connectivity index (χ1n) is 10.3. The lowest BCUT2D eigenvalue weighted by Crippen LogP contribution is -2.28. The van der Waals surface area contributed by atoms with E-state index in [9.17, 15) is 0 Å². The first kappa shape index (κ1) is 17.8. The van der Waals surface area contributed by atoms with E-state index in [1.54, 1.807) is 5.57 Å². The molecule has 0 heterocycles. The molecule has 0 aliphatic heterocycles. The summed E-state index contributed by atoms with van der Waals surface area (Å²) in [5.41, 5.74) is 4.73. The van der Waals surface area contributed by atoms with Crippen molar-refractivity contribution in [1.29, 1.82) is 0 Å². The van der Waals surface area contributed by atoms with Gasteiger partial charge in [0.15, 0.2) is 0 Å². The number of hydrogen-bond acceptors (Lipinski definition) is 2. The lowest BCUT2D eigenvalue weighted by atomic mass is 9.68. The van der Waals surface area contributed by atoms with Crippen molar-refractivity contribution in [2.24, 2.45) is 33.7 Å². The summed E-state index contributed by atoms with van der Waals surface area (Å²) in [4.78, 5) is 5.63. The van der Waals surface area contributed by atoms with E-state index >= 15 is 0 Å². The fraction of sp³-hybridized carbons (Fsp3) is 0.625. The largest absolute Gasteiger partial charge is 0.391 e. The number of benzene rings is 1. The van der Waals surface area contributed by atoms with Crippen molar-refractivity contribution in [1.82, 2.24) is 0 Å². The van der Waals surface area contributed by atoms with Gasteiger partial charge in [-0.3, -0.25) is 0 Å². The van der Waals surface area contributed by atoms with Gasteiger partial charge in [-0.1, -0.05) is 68.3 Å². The summed E-state index contributed by atoms with van der Waals surface area (Å²) in [6, 6.07) is 10.3. The lowest BCUT2D eigenvalue weighted by Gasteiger charge is -2.36. The number of hydrogen-bond donors (Lipinski definition) is 0. The molecule has 0 radical (unpaired) electrons. The highest BCUT2D eigenvalue weighted by molar-refractivity contribution is 5.93. The normalized spacial score (nSPS) is 37.0. The van der Waals surface area contributed by atoms with E-state index in [-0.39, 0.29) is 0 Å². The van der Waals surface area contributed by atoms with Gasteiger partial charge in [0.25, 0.3) is 0 Å². The van der Waals surface area contributed by atoms with Crippen LogP contribution in [0.25, 0.3) is 0 Å². The molecule has 26 heavy (non-hydrogen) atoms. The van der Waals surface area contributed by atoms with E-state index in [4.69, 9.17) is 4.84 Å². The van der Waals surface area contributed by atoms with Crippen molar-refractivity contribution in [2.45, 2.75) is 66.4 Å². The highest BCUT2D eigenvalue weighted by Crippen LogP contribution is 2.70. The van der Waals surface area contributed by atoms with Crippen LogP contribution in [0.3, 0.4) is 0 Å². The zero-order valence-electron chi connectivity index (χ0n) is 16.8. The van der Waals surface area contributed by atoms with E-state index in [0.29, 0.717) is 17.4 Å². The second-order valence-electron chi connectivity index (χ2n) is 9.67. The average molecular weight is 352 g/mol. The maximum atomic E-state index is 5.63. The van der Waals surface area contributed by atoms with Crippen LogP contribution in [0.1, 0.15) is 65.4 Å². The summed E-state index contributed by atoms with van der Waals surface area (Å²) >= 11 is 0. The maximum Gasteiger partial charge on any atom is 0.142 e. The molecular formula is C24H33NO. The fourth-order valence-corrected chi connectivity index (χ4v) is 6.50. The van der Waals surface area contributed by atoms with E-state index in [1.807, 2.05) is 18.2 Å². The third-order valence-corrected chi connectivity index (χ3v) is 7.60. The number of oxime groups is 1. The molecule has 0 amide bonds. The van der Waals surface area contributed by atoms with Gasteiger partial charge >= 0.3 is 0 Å². The minimum atomic E-state index is 0.386. The van der Waals surface area contributed by atoms with Crippen LogP contribution in [0.15, 0.2) is 47.1 Å².